The maximum atomic E-state index is 13.2. The van der Waals surface area contributed by atoms with Gasteiger partial charge >= 0.3 is 6.18 Å². The molecule has 0 saturated carbocycles. The molecule has 0 saturated heterocycles. The van der Waals surface area contributed by atoms with E-state index in [-0.39, 0.29) is 23.1 Å². The van der Waals surface area contributed by atoms with Crippen molar-refractivity contribution in [3.63, 3.8) is 0 Å². The number of nitrogens with zero attached hydrogens (tertiary/aromatic N) is 2. The lowest BCUT2D eigenvalue weighted by Gasteiger charge is -2.11. The molecule has 3 aromatic carbocycles. The Morgan fingerprint density at radius 2 is 1.75 bits per heavy atom. The predicted octanol–water partition coefficient (Wildman–Crippen LogP) is 5.39. The Bertz CT molecular complexity index is 1270. The van der Waals surface area contributed by atoms with Gasteiger partial charge in [-0.3, -0.25) is 4.79 Å². The minimum atomic E-state index is -4.68. The van der Waals surface area contributed by atoms with E-state index < -0.39 is 24.4 Å². The molecule has 1 amide bonds. The molecular formula is C23H17ClF3N3O2. The molecule has 1 N–H and O–H groups in total. The van der Waals surface area contributed by atoms with Gasteiger partial charge in [-0.2, -0.15) is 23.0 Å². The van der Waals surface area contributed by atoms with Gasteiger partial charge in [-0.15, -0.1) is 0 Å². The molecule has 0 atom stereocenters. The van der Waals surface area contributed by atoms with Gasteiger partial charge < -0.3 is 10.1 Å². The topological polar surface area (TPSA) is 56.1 Å². The van der Waals surface area contributed by atoms with Crippen LogP contribution in [0.25, 0.3) is 16.5 Å². The Hall–Kier alpha value is -3.52. The first-order valence-corrected chi connectivity index (χ1v) is 9.99. The van der Waals surface area contributed by atoms with Crippen LogP contribution in [0.1, 0.15) is 11.3 Å². The number of halogens is 4. The lowest BCUT2D eigenvalue weighted by molar-refractivity contribution is -0.141. The SMILES string of the molecule is O=C(COc1cc(C(F)(F)F)nn1-c1ccccc1Cl)NCc1cccc2ccccc12. The second kappa shape index (κ2) is 8.92. The minimum Gasteiger partial charge on any atom is -0.467 e. The van der Waals surface area contributed by atoms with Gasteiger partial charge in [-0.25, -0.2) is 0 Å². The Morgan fingerprint density at radius 1 is 1.03 bits per heavy atom. The molecule has 4 rings (SSSR count). The van der Waals surface area contributed by atoms with E-state index >= 15 is 0 Å². The number of aromatic nitrogens is 2. The standard InChI is InChI=1S/C23H17ClF3N3O2/c24-18-10-3-4-11-19(18)30-22(12-20(29-30)23(25,26)27)32-14-21(31)28-13-16-8-5-7-15-6-1-2-9-17(15)16/h1-12H,13-14H2,(H,28,31). The molecule has 0 aliphatic heterocycles. The van der Waals surface area contributed by atoms with E-state index in [0.29, 0.717) is 0 Å². The second-order valence-corrected chi connectivity index (χ2v) is 7.34. The van der Waals surface area contributed by atoms with Crippen LogP contribution >= 0.6 is 11.6 Å². The maximum absolute atomic E-state index is 13.2. The normalized spacial score (nSPS) is 11.5. The molecule has 0 unspecified atom stereocenters. The third kappa shape index (κ3) is 4.70. The fourth-order valence-corrected chi connectivity index (χ4v) is 3.45. The summed E-state index contributed by atoms with van der Waals surface area (Å²) in [4.78, 5) is 12.3. The summed E-state index contributed by atoms with van der Waals surface area (Å²) in [6.45, 7) is -0.237. The van der Waals surface area contributed by atoms with E-state index in [1.165, 1.54) is 12.1 Å². The lowest BCUT2D eigenvalue weighted by Crippen LogP contribution is -2.28. The van der Waals surface area contributed by atoms with E-state index in [4.69, 9.17) is 16.3 Å². The van der Waals surface area contributed by atoms with Crippen molar-refractivity contribution in [2.24, 2.45) is 0 Å². The van der Waals surface area contributed by atoms with Crippen LogP contribution in [0, 0.1) is 0 Å². The first-order chi connectivity index (χ1) is 15.3. The number of ether oxygens (including phenoxy) is 1. The zero-order valence-electron chi connectivity index (χ0n) is 16.6. The molecule has 32 heavy (non-hydrogen) atoms. The molecule has 5 nitrogen and oxygen atoms in total. The van der Waals surface area contributed by atoms with Crippen molar-refractivity contribution in [3.05, 3.63) is 89.1 Å². The average molecular weight is 460 g/mol. The van der Waals surface area contributed by atoms with Crippen LogP contribution in [0.15, 0.2) is 72.8 Å². The van der Waals surface area contributed by atoms with Gasteiger partial charge in [0.25, 0.3) is 5.91 Å². The number of rotatable bonds is 6. The molecule has 0 bridgehead atoms. The van der Waals surface area contributed by atoms with Crippen molar-refractivity contribution in [1.29, 1.82) is 0 Å². The van der Waals surface area contributed by atoms with Crippen LogP contribution in [-0.4, -0.2) is 22.3 Å². The highest BCUT2D eigenvalue weighted by Crippen LogP contribution is 2.33. The monoisotopic (exact) mass is 459 g/mol. The third-order valence-electron chi connectivity index (χ3n) is 4.75. The number of fused-ring (bicyclic) bond motifs is 1. The van der Waals surface area contributed by atoms with E-state index in [2.05, 4.69) is 10.4 Å². The van der Waals surface area contributed by atoms with E-state index in [1.54, 1.807) is 12.1 Å². The highest BCUT2D eigenvalue weighted by atomic mass is 35.5. The van der Waals surface area contributed by atoms with Gasteiger partial charge in [0.2, 0.25) is 5.88 Å². The molecule has 0 aliphatic rings. The Balaban J connectivity index is 1.49. The molecule has 1 heterocycles. The molecule has 0 fully saturated rings. The molecule has 1 aromatic heterocycles. The van der Waals surface area contributed by atoms with Crippen LogP contribution < -0.4 is 10.1 Å². The highest BCUT2D eigenvalue weighted by molar-refractivity contribution is 6.32. The van der Waals surface area contributed by atoms with Gasteiger partial charge in [0.05, 0.1) is 10.7 Å². The number of amides is 1. The number of para-hydroxylation sites is 1. The largest absolute Gasteiger partial charge is 0.467 e. The van der Waals surface area contributed by atoms with Crippen LogP contribution in [0.4, 0.5) is 13.2 Å². The zero-order valence-corrected chi connectivity index (χ0v) is 17.3. The van der Waals surface area contributed by atoms with E-state index in [9.17, 15) is 18.0 Å². The van der Waals surface area contributed by atoms with Crippen molar-refractivity contribution in [2.75, 3.05) is 6.61 Å². The summed E-state index contributed by atoms with van der Waals surface area (Å²) < 4.78 is 45.9. The Labute approximate surface area is 186 Å². The molecule has 164 valence electrons. The predicted molar refractivity (Wildman–Crippen MR) is 115 cm³/mol. The van der Waals surface area contributed by atoms with Crippen molar-refractivity contribution < 1.29 is 22.7 Å². The quantitative estimate of drug-likeness (QED) is 0.420. The second-order valence-electron chi connectivity index (χ2n) is 6.93. The number of hydrogen-bond donors (Lipinski definition) is 1. The summed E-state index contributed by atoms with van der Waals surface area (Å²) in [5.74, 6) is -0.732. The van der Waals surface area contributed by atoms with E-state index in [0.717, 1.165) is 27.1 Å². The zero-order chi connectivity index (χ0) is 22.7. The van der Waals surface area contributed by atoms with Crippen molar-refractivity contribution >= 4 is 28.3 Å². The summed E-state index contributed by atoms with van der Waals surface area (Å²) >= 11 is 6.11. The summed E-state index contributed by atoms with van der Waals surface area (Å²) in [5.41, 5.74) is -0.0312. The summed E-state index contributed by atoms with van der Waals surface area (Å²) in [7, 11) is 0. The van der Waals surface area contributed by atoms with Crippen LogP contribution in [0.3, 0.4) is 0 Å². The molecule has 0 spiro atoms. The van der Waals surface area contributed by atoms with Gasteiger partial charge in [-0.05, 0) is 28.5 Å². The maximum Gasteiger partial charge on any atom is 0.435 e. The van der Waals surface area contributed by atoms with Crippen LogP contribution in [-0.2, 0) is 17.5 Å². The number of benzene rings is 3. The van der Waals surface area contributed by atoms with Crippen molar-refractivity contribution in [3.8, 4) is 11.6 Å². The molecule has 9 heteroatoms. The number of carbonyl (C=O) groups excluding carboxylic acids is 1. The van der Waals surface area contributed by atoms with E-state index in [1.807, 2.05) is 42.5 Å². The molecule has 0 aliphatic carbocycles. The molecule has 0 radical (unpaired) electrons. The number of carbonyl (C=O) groups is 1. The summed E-state index contributed by atoms with van der Waals surface area (Å²) in [6, 6.07) is 20.5. The highest BCUT2D eigenvalue weighted by Gasteiger charge is 2.36. The Morgan fingerprint density at radius 3 is 2.53 bits per heavy atom. The van der Waals surface area contributed by atoms with Crippen LogP contribution in [0.2, 0.25) is 5.02 Å². The Kier molecular flexibility index (Phi) is 6.05. The average Bonchev–Trinajstić information content (AvgIpc) is 3.21. The lowest BCUT2D eigenvalue weighted by atomic mass is 10.0. The summed E-state index contributed by atoms with van der Waals surface area (Å²) in [6.07, 6.45) is -4.68. The van der Waals surface area contributed by atoms with Gasteiger partial charge in [0, 0.05) is 12.6 Å². The number of nitrogens with one attached hydrogen (secondary N) is 1. The van der Waals surface area contributed by atoms with Gasteiger partial charge in [-0.1, -0.05) is 66.2 Å². The number of hydrogen-bond acceptors (Lipinski definition) is 3. The minimum absolute atomic E-state index is 0.189. The van der Waals surface area contributed by atoms with Crippen molar-refractivity contribution in [2.45, 2.75) is 12.7 Å². The first-order valence-electron chi connectivity index (χ1n) is 9.61. The van der Waals surface area contributed by atoms with Gasteiger partial charge in [0.15, 0.2) is 12.3 Å². The fourth-order valence-electron chi connectivity index (χ4n) is 3.23. The molecular weight excluding hydrogens is 443 g/mol. The number of alkyl halides is 3. The first kappa shape index (κ1) is 21.7. The smallest absolute Gasteiger partial charge is 0.435 e. The summed E-state index contributed by atoms with van der Waals surface area (Å²) in [5, 5.41) is 8.53. The van der Waals surface area contributed by atoms with Crippen molar-refractivity contribution in [1.82, 2.24) is 15.1 Å². The van der Waals surface area contributed by atoms with Crippen LogP contribution in [0.5, 0.6) is 5.88 Å². The fraction of sp³-hybridized carbons (Fsp3) is 0.130. The van der Waals surface area contributed by atoms with Gasteiger partial charge in [0.1, 0.15) is 0 Å². The third-order valence-corrected chi connectivity index (χ3v) is 5.07. The molecule has 4 aromatic rings.